The van der Waals surface area contributed by atoms with Crippen LogP contribution in [0.2, 0.25) is 0 Å². The maximum Gasteiger partial charge on any atom is 0.242 e. The van der Waals surface area contributed by atoms with Gasteiger partial charge in [-0.3, -0.25) is 9.69 Å². The number of rotatable bonds is 5. The van der Waals surface area contributed by atoms with Crippen molar-refractivity contribution in [3.05, 3.63) is 11.5 Å². The summed E-state index contributed by atoms with van der Waals surface area (Å²) in [6.07, 6.45) is 0. The van der Waals surface area contributed by atoms with Crippen molar-refractivity contribution in [1.29, 1.82) is 5.26 Å². The number of carbonyl (C=O) groups excluding carboxylic acids is 1. The molecule has 7 nitrogen and oxygen atoms in total. The van der Waals surface area contributed by atoms with E-state index in [4.69, 9.17) is 4.52 Å². The zero-order valence-electron chi connectivity index (χ0n) is 15.2. The Labute approximate surface area is 143 Å². The molecule has 0 N–H and O–H groups in total. The molecule has 0 aliphatic carbocycles. The number of hydrogen-bond donors (Lipinski definition) is 0. The van der Waals surface area contributed by atoms with Crippen LogP contribution in [0.25, 0.3) is 0 Å². The van der Waals surface area contributed by atoms with Crippen LogP contribution in [-0.2, 0) is 4.79 Å². The van der Waals surface area contributed by atoms with E-state index in [1.807, 2.05) is 30.7 Å². The van der Waals surface area contributed by atoms with Gasteiger partial charge in [0.1, 0.15) is 17.4 Å². The van der Waals surface area contributed by atoms with Gasteiger partial charge in [-0.2, -0.15) is 5.26 Å². The van der Waals surface area contributed by atoms with Crippen LogP contribution < -0.4 is 4.90 Å². The smallest absolute Gasteiger partial charge is 0.242 e. The molecule has 2 heterocycles. The second-order valence-electron chi connectivity index (χ2n) is 6.76. The molecule has 1 atom stereocenters. The minimum absolute atomic E-state index is 0.0766. The number of anilines is 1. The first-order valence-electron chi connectivity index (χ1n) is 8.40. The van der Waals surface area contributed by atoms with Crippen molar-refractivity contribution >= 4 is 11.6 Å². The molecule has 0 saturated carbocycles. The Bertz CT molecular complexity index is 591. The number of likely N-dealkylation sites (N-methyl/N-ethyl adjacent to an activating group) is 1. The molecule has 1 aliphatic rings. The topological polar surface area (TPSA) is 76.6 Å². The fraction of sp³-hybridized carbons (Fsp3) is 0.706. The van der Waals surface area contributed by atoms with E-state index in [2.05, 4.69) is 30.0 Å². The molecule has 1 aliphatic heterocycles. The molecule has 7 heteroatoms. The third-order valence-electron chi connectivity index (χ3n) is 4.57. The quantitative estimate of drug-likeness (QED) is 0.811. The average molecular weight is 333 g/mol. The lowest BCUT2D eigenvalue weighted by molar-refractivity contribution is -0.131. The van der Waals surface area contributed by atoms with Crippen molar-refractivity contribution in [3.63, 3.8) is 0 Å². The summed E-state index contributed by atoms with van der Waals surface area (Å²) in [6.45, 7) is 11.0. The third kappa shape index (κ3) is 3.88. The Morgan fingerprint density at radius 2 is 1.96 bits per heavy atom. The summed E-state index contributed by atoms with van der Waals surface area (Å²) in [4.78, 5) is 18.5. The summed E-state index contributed by atoms with van der Waals surface area (Å²) in [5.41, 5.74) is 1.67. The number of hydrogen-bond acceptors (Lipinski definition) is 6. The molecular weight excluding hydrogens is 306 g/mol. The first kappa shape index (κ1) is 18.3. The van der Waals surface area contributed by atoms with Gasteiger partial charge in [-0.15, -0.1) is 0 Å². The standard InChI is InChI=1S/C17H27N5O2/c1-12(2)15(10-18)21-6-8-22(9-7-21)16(23)11-20(5)17-13(3)19-24-14(17)4/h12,15H,6-9,11H2,1-5H3/t15-/m1/s1. The zero-order chi connectivity index (χ0) is 17.9. The predicted octanol–water partition coefficient (Wildman–Crippen LogP) is 1.42. The molecule has 0 spiro atoms. The van der Waals surface area contributed by atoms with Crippen LogP contribution in [0.15, 0.2) is 4.52 Å². The molecule has 1 aromatic heterocycles. The van der Waals surface area contributed by atoms with E-state index in [1.165, 1.54) is 0 Å². The van der Waals surface area contributed by atoms with E-state index in [0.29, 0.717) is 25.6 Å². The van der Waals surface area contributed by atoms with Gasteiger partial charge in [0, 0.05) is 33.2 Å². The van der Waals surface area contributed by atoms with Crippen molar-refractivity contribution in [1.82, 2.24) is 15.0 Å². The maximum absolute atomic E-state index is 12.6. The number of piperazine rings is 1. The van der Waals surface area contributed by atoms with E-state index in [0.717, 1.165) is 30.2 Å². The number of nitriles is 1. The van der Waals surface area contributed by atoms with Crippen LogP contribution in [0.1, 0.15) is 25.3 Å². The monoisotopic (exact) mass is 333 g/mol. The molecule has 0 unspecified atom stereocenters. The van der Waals surface area contributed by atoms with Gasteiger partial charge in [0.25, 0.3) is 0 Å². The Balaban J connectivity index is 1.90. The van der Waals surface area contributed by atoms with Gasteiger partial charge in [0.2, 0.25) is 5.91 Å². The highest BCUT2D eigenvalue weighted by Gasteiger charge is 2.28. The van der Waals surface area contributed by atoms with Gasteiger partial charge in [0.05, 0.1) is 12.6 Å². The summed E-state index contributed by atoms with van der Waals surface area (Å²) in [6, 6.07) is 2.30. The van der Waals surface area contributed by atoms with Crippen molar-refractivity contribution in [2.75, 3.05) is 44.7 Å². The lowest BCUT2D eigenvalue weighted by Gasteiger charge is -2.38. The second-order valence-corrected chi connectivity index (χ2v) is 6.76. The van der Waals surface area contributed by atoms with Crippen molar-refractivity contribution in [2.24, 2.45) is 5.92 Å². The normalized spacial score (nSPS) is 17.0. The minimum Gasteiger partial charge on any atom is -0.361 e. The fourth-order valence-electron chi connectivity index (χ4n) is 3.31. The molecule has 0 radical (unpaired) electrons. The van der Waals surface area contributed by atoms with E-state index in [1.54, 1.807) is 0 Å². The SMILES string of the molecule is Cc1noc(C)c1N(C)CC(=O)N1CCN([C@H](C#N)C(C)C)CC1. The fourth-order valence-corrected chi connectivity index (χ4v) is 3.31. The minimum atomic E-state index is -0.0766. The average Bonchev–Trinajstić information content (AvgIpc) is 2.87. The molecule has 24 heavy (non-hydrogen) atoms. The highest BCUT2D eigenvalue weighted by molar-refractivity contribution is 5.81. The van der Waals surface area contributed by atoms with Crippen LogP contribution >= 0.6 is 0 Å². The van der Waals surface area contributed by atoms with Crippen LogP contribution in [0.3, 0.4) is 0 Å². The maximum atomic E-state index is 12.6. The van der Waals surface area contributed by atoms with Crippen LogP contribution in [0, 0.1) is 31.1 Å². The number of aryl methyl sites for hydroxylation is 2. The Morgan fingerprint density at radius 3 is 2.42 bits per heavy atom. The Kier molecular flexibility index (Phi) is 5.84. The van der Waals surface area contributed by atoms with Gasteiger partial charge in [0.15, 0.2) is 5.76 Å². The molecular formula is C17H27N5O2. The summed E-state index contributed by atoms with van der Waals surface area (Å²) >= 11 is 0. The van der Waals surface area contributed by atoms with Crippen LogP contribution in [0.4, 0.5) is 5.69 Å². The van der Waals surface area contributed by atoms with Gasteiger partial charge in [-0.25, -0.2) is 0 Å². The predicted molar refractivity (Wildman–Crippen MR) is 91.6 cm³/mol. The van der Waals surface area contributed by atoms with Crippen LogP contribution in [0.5, 0.6) is 0 Å². The lowest BCUT2D eigenvalue weighted by atomic mass is 10.0. The summed E-state index contributed by atoms with van der Waals surface area (Å²) in [5.74, 6) is 1.11. The number of carbonyl (C=O) groups is 1. The van der Waals surface area contributed by atoms with Gasteiger partial charge >= 0.3 is 0 Å². The Morgan fingerprint density at radius 1 is 1.33 bits per heavy atom. The summed E-state index contributed by atoms with van der Waals surface area (Å²) < 4.78 is 5.16. The largest absolute Gasteiger partial charge is 0.361 e. The van der Waals surface area contributed by atoms with Crippen molar-refractivity contribution in [3.8, 4) is 6.07 Å². The first-order chi connectivity index (χ1) is 11.3. The zero-order valence-corrected chi connectivity index (χ0v) is 15.2. The highest BCUT2D eigenvalue weighted by Crippen LogP contribution is 2.22. The van der Waals surface area contributed by atoms with E-state index in [9.17, 15) is 10.1 Å². The summed E-state index contributed by atoms with van der Waals surface area (Å²) in [5, 5.41) is 13.2. The third-order valence-corrected chi connectivity index (χ3v) is 4.57. The van der Waals surface area contributed by atoms with E-state index >= 15 is 0 Å². The van der Waals surface area contributed by atoms with E-state index in [-0.39, 0.29) is 11.9 Å². The molecule has 132 valence electrons. The number of amides is 1. The molecule has 1 aromatic rings. The Hall–Kier alpha value is -2.07. The second kappa shape index (κ2) is 7.67. The molecule has 2 rings (SSSR count). The van der Waals surface area contributed by atoms with Gasteiger partial charge in [-0.1, -0.05) is 19.0 Å². The van der Waals surface area contributed by atoms with Gasteiger partial charge < -0.3 is 14.3 Å². The molecule has 1 saturated heterocycles. The summed E-state index contributed by atoms with van der Waals surface area (Å²) in [7, 11) is 1.88. The van der Waals surface area contributed by atoms with Crippen LogP contribution in [-0.4, -0.2) is 66.7 Å². The number of nitrogens with zero attached hydrogens (tertiary/aromatic N) is 5. The highest BCUT2D eigenvalue weighted by atomic mass is 16.5. The van der Waals surface area contributed by atoms with Gasteiger partial charge in [-0.05, 0) is 19.8 Å². The van der Waals surface area contributed by atoms with Crippen molar-refractivity contribution in [2.45, 2.75) is 33.7 Å². The number of aromatic nitrogens is 1. The first-order valence-corrected chi connectivity index (χ1v) is 8.40. The lowest BCUT2D eigenvalue weighted by Crippen LogP contribution is -2.54. The van der Waals surface area contributed by atoms with E-state index < -0.39 is 0 Å². The molecule has 1 amide bonds. The molecule has 0 bridgehead atoms. The molecule has 0 aromatic carbocycles. The van der Waals surface area contributed by atoms with Crippen molar-refractivity contribution < 1.29 is 9.32 Å². The molecule has 1 fully saturated rings.